The molecule has 21 heavy (non-hydrogen) atoms. The first kappa shape index (κ1) is 18.2. The highest BCUT2D eigenvalue weighted by Crippen LogP contribution is 2.25. The second kappa shape index (κ2) is 7.45. The minimum Gasteiger partial charge on any atom is -0.465 e. The molecule has 1 atom stereocenters. The van der Waals surface area contributed by atoms with Crippen LogP contribution in [0.1, 0.15) is 40.0 Å². The van der Waals surface area contributed by atoms with Crippen molar-refractivity contribution in [2.45, 2.75) is 57.8 Å². The predicted molar refractivity (Wildman–Crippen MR) is 74.0 cm³/mol. The molecule has 4 nitrogen and oxygen atoms in total. The maximum absolute atomic E-state index is 12.7. The number of carbonyl (C=O) groups is 1. The zero-order valence-corrected chi connectivity index (χ0v) is 12.9. The monoisotopic (exact) mass is 310 g/mol. The maximum atomic E-state index is 12.7. The summed E-state index contributed by atoms with van der Waals surface area (Å²) in [6.07, 6.45) is -1.78. The second-order valence-electron chi connectivity index (χ2n) is 5.80. The van der Waals surface area contributed by atoms with Gasteiger partial charge in [-0.05, 0) is 39.7 Å². The fourth-order valence-corrected chi connectivity index (χ4v) is 2.37. The molecule has 1 N–H and O–H groups in total. The van der Waals surface area contributed by atoms with Gasteiger partial charge in [-0.15, -0.1) is 0 Å². The summed E-state index contributed by atoms with van der Waals surface area (Å²) < 4.78 is 43.0. The molecule has 124 valence electrons. The van der Waals surface area contributed by atoms with Crippen molar-refractivity contribution < 1.29 is 22.7 Å². The first-order valence-electron chi connectivity index (χ1n) is 7.44. The molecule has 0 amide bonds. The summed E-state index contributed by atoms with van der Waals surface area (Å²) in [7, 11) is 0. The lowest BCUT2D eigenvalue weighted by Crippen LogP contribution is -2.59. The number of ether oxygens (including phenoxy) is 1. The van der Waals surface area contributed by atoms with Crippen LogP contribution in [0, 0.1) is 0 Å². The number of alkyl halides is 3. The number of nitrogens with zero attached hydrogens (tertiary/aromatic N) is 1. The van der Waals surface area contributed by atoms with Gasteiger partial charge in [-0.25, -0.2) is 0 Å². The van der Waals surface area contributed by atoms with E-state index in [-0.39, 0.29) is 19.2 Å². The number of halogens is 3. The number of nitrogens with one attached hydrogen (secondary N) is 1. The van der Waals surface area contributed by atoms with E-state index in [1.807, 2.05) is 6.92 Å². The van der Waals surface area contributed by atoms with Crippen molar-refractivity contribution in [3.63, 3.8) is 0 Å². The highest BCUT2D eigenvalue weighted by molar-refractivity contribution is 5.80. The number of carbonyl (C=O) groups excluding carboxylic acids is 1. The molecule has 1 fully saturated rings. The van der Waals surface area contributed by atoms with Gasteiger partial charge >= 0.3 is 12.1 Å². The Morgan fingerprint density at radius 1 is 1.29 bits per heavy atom. The molecule has 0 saturated heterocycles. The minimum absolute atomic E-state index is 0.00428. The van der Waals surface area contributed by atoms with Crippen LogP contribution < -0.4 is 5.32 Å². The molecule has 0 radical (unpaired) electrons. The van der Waals surface area contributed by atoms with E-state index < -0.39 is 24.2 Å². The Kier molecular flexibility index (Phi) is 6.46. The first-order valence-corrected chi connectivity index (χ1v) is 7.44. The number of rotatable bonds is 9. The van der Waals surface area contributed by atoms with Crippen LogP contribution in [0.15, 0.2) is 0 Å². The van der Waals surface area contributed by atoms with Gasteiger partial charge in [0.2, 0.25) is 0 Å². The van der Waals surface area contributed by atoms with Crippen LogP contribution in [-0.2, 0) is 9.53 Å². The Balaban J connectivity index is 2.77. The third-order valence-corrected chi connectivity index (χ3v) is 3.31. The zero-order valence-electron chi connectivity index (χ0n) is 12.9. The summed E-state index contributed by atoms with van der Waals surface area (Å²) >= 11 is 0. The third-order valence-electron chi connectivity index (χ3n) is 3.31. The van der Waals surface area contributed by atoms with Gasteiger partial charge in [0.05, 0.1) is 13.2 Å². The minimum atomic E-state index is -4.27. The molecule has 1 aliphatic carbocycles. The topological polar surface area (TPSA) is 41.6 Å². The van der Waals surface area contributed by atoms with Crippen LogP contribution >= 0.6 is 0 Å². The molecule has 7 heteroatoms. The Labute approximate surface area is 124 Å². The summed E-state index contributed by atoms with van der Waals surface area (Å²) in [5, 5.41) is 3.14. The lowest BCUT2D eigenvalue weighted by molar-refractivity contribution is -0.159. The second-order valence-corrected chi connectivity index (χ2v) is 5.80. The van der Waals surface area contributed by atoms with Gasteiger partial charge in [0.15, 0.2) is 0 Å². The van der Waals surface area contributed by atoms with Crippen LogP contribution in [0.3, 0.4) is 0 Å². The van der Waals surface area contributed by atoms with Crippen LogP contribution in [0.2, 0.25) is 0 Å². The summed E-state index contributed by atoms with van der Waals surface area (Å²) in [6.45, 7) is 4.63. The van der Waals surface area contributed by atoms with Gasteiger partial charge in [0, 0.05) is 12.6 Å². The molecule has 0 heterocycles. The highest BCUT2D eigenvalue weighted by Gasteiger charge is 2.42. The number of esters is 1. The molecular weight excluding hydrogens is 285 g/mol. The molecule has 0 aliphatic heterocycles. The summed E-state index contributed by atoms with van der Waals surface area (Å²) in [5.74, 6) is -0.486. The van der Waals surface area contributed by atoms with Crippen LogP contribution in [0.4, 0.5) is 13.2 Å². The van der Waals surface area contributed by atoms with Crippen molar-refractivity contribution in [1.82, 2.24) is 10.2 Å². The van der Waals surface area contributed by atoms with E-state index in [9.17, 15) is 18.0 Å². The zero-order chi connectivity index (χ0) is 16.1. The summed E-state index contributed by atoms with van der Waals surface area (Å²) in [5.41, 5.74) is -1.10. The molecule has 1 aliphatic rings. The molecule has 0 aromatic heterocycles. The van der Waals surface area contributed by atoms with Crippen LogP contribution in [0.25, 0.3) is 0 Å². The van der Waals surface area contributed by atoms with E-state index in [0.29, 0.717) is 13.0 Å². The Hall–Kier alpha value is -0.820. The maximum Gasteiger partial charge on any atom is 0.401 e. The number of hydrogen-bond donors (Lipinski definition) is 1. The summed E-state index contributed by atoms with van der Waals surface area (Å²) in [6, 6.07) is 0.203. The lowest BCUT2D eigenvalue weighted by atomic mass is 10.0. The molecule has 1 unspecified atom stereocenters. The SMILES string of the molecule is CCCN(CC(F)(F)F)CC(C)(NC1CC1)C(=O)OCC. The largest absolute Gasteiger partial charge is 0.465 e. The molecule has 0 aromatic carbocycles. The van der Waals surface area contributed by atoms with E-state index in [2.05, 4.69) is 5.32 Å². The van der Waals surface area contributed by atoms with Gasteiger partial charge in [-0.3, -0.25) is 15.0 Å². The van der Waals surface area contributed by atoms with Gasteiger partial charge in [-0.2, -0.15) is 13.2 Å². The van der Waals surface area contributed by atoms with Crippen LogP contribution in [0.5, 0.6) is 0 Å². The van der Waals surface area contributed by atoms with Crippen molar-refractivity contribution in [3.05, 3.63) is 0 Å². The van der Waals surface area contributed by atoms with Crippen molar-refractivity contribution in [2.75, 3.05) is 26.2 Å². The molecule has 1 saturated carbocycles. The predicted octanol–water partition coefficient (Wildman–Crippen LogP) is 2.33. The molecular formula is C14H25F3N2O2. The fraction of sp³-hybridized carbons (Fsp3) is 0.929. The molecule has 0 aromatic rings. The van der Waals surface area contributed by atoms with Crippen molar-refractivity contribution >= 4 is 5.97 Å². The van der Waals surface area contributed by atoms with Crippen molar-refractivity contribution in [2.24, 2.45) is 0 Å². The van der Waals surface area contributed by atoms with Crippen molar-refractivity contribution in [1.29, 1.82) is 0 Å². The van der Waals surface area contributed by atoms with Crippen molar-refractivity contribution in [3.8, 4) is 0 Å². The molecule has 1 rings (SSSR count). The molecule has 0 spiro atoms. The average molecular weight is 310 g/mol. The van der Waals surface area contributed by atoms with Gasteiger partial charge in [-0.1, -0.05) is 6.92 Å². The lowest BCUT2D eigenvalue weighted by Gasteiger charge is -2.34. The van der Waals surface area contributed by atoms with E-state index in [1.165, 1.54) is 4.90 Å². The van der Waals surface area contributed by atoms with Gasteiger partial charge in [0.1, 0.15) is 5.54 Å². The smallest absolute Gasteiger partial charge is 0.401 e. The van der Waals surface area contributed by atoms with E-state index in [1.54, 1.807) is 13.8 Å². The van der Waals surface area contributed by atoms with Gasteiger partial charge in [0.25, 0.3) is 0 Å². The Bertz CT molecular complexity index is 346. The Morgan fingerprint density at radius 2 is 1.90 bits per heavy atom. The van der Waals surface area contributed by atoms with E-state index in [0.717, 1.165) is 12.8 Å². The first-order chi connectivity index (χ1) is 9.70. The number of hydrogen-bond acceptors (Lipinski definition) is 4. The van der Waals surface area contributed by atoms with E-state index >= 15 is 0 Å². The molecule has 0 bridgehead atoms. The van der Waals surface area contributed by atoms with Crippen LogP contribution in [-0.4, -0.2) is 54.9 Å². The normalized spacial score (nSPS) is 18.6. The quantitative estimate of drug-likeness (QED) is 0.664. The fourth-order valence-electron chi connectivity index (χ4n) is 2.37. The highest BCUT2D eigenvalue weighted by atomic mass is 19.4. The Morgan fingerprint density at radius 3 is 2.33 bits per heavy atom. The van der Waals surface area contributed by atoms with Gasteiger partial charge < -0.3 is 4.74 Å². The summed E-state index contributed by atoms with van der Waals surface area (Å²) in [4.78, 5) is 13.4. The average Bonchev–Trinajstić information content (AvgIpc) is 3.11. The van der Waals surface area contributed by atoms with E-state index in [4.69, 9.17) is 4.74 Å². The standard InChI is InChI=1S/C14H25F3N2O2/c1-4-8-19(10-14(15,16)17)9-13(3,12(20)21-5-2)18-11-6-7-11/h11,18H,4-10H2,1-3H3. The third kappa shape index (κ3) is 6.65.